The Morgan fingerprint density at radius 1 is 1.11 bits per heavy atom. The Balaban J connectivity index is 1.89. The molecule has 0 nitrogen and oxygen atoms in total. The van der Waals surface area contributed by atoms with Gasteiger partial charge in [0.05, 0.1) is 0 Å². The van der Waals surface area contributed by atoms with Crippen molar-refractivity contribution >= 4 is 6.08 Å². The average molecular weight is 238 g/mol. The average Bonchev–Trinajstić information content (AvgIpc) is 2.69. The molecule has 1 saturated carbocycles. The van der Waals surface area contributed by atoms with Gasteiger partial charge >= 0.3 is 0 Å². The Morgan fingerprint density at radius 2 is 2.00 bits per heavy atom. The highest BCUT2D eigenvalue weighted by atomic mass is 14.5. The van der Waals surface area contributed by atoms with Crippen LogP contribution in [0.5, 0.6) is 0 Å². The third-order valence-corrected chi connectivity index (χ3v) is 5.66. The van der Waals surface area contributed by atoms with Gasteiger partial charge in [0.25, 0.3) is 0 Å². The molecule has 0 aromatic heterocycles. The first-order valence-corrected chi connectivity index (χ1v) is 7.55. The van der Waals surface area contributed by atoms with Gasteiger partial charge in [-0.3, -0.25) is 0 Å². The van der Waals surface area contributed by atoms with E-state index in [1.54, 1.807) is 16.7 Å². The van der Waals surface area contributed by atoms with Crippen molar-refractivity contribution in [2.45, 2.75) is 51.4 Å². The fourth-order valence-corrected chi connectivity index (χ4v) is 4.82. The summed E-state index contributed by atoms with van der Waals surface area (Å²) in [5, 5.41) is 0. The number of allylic oxidation sites excluding steroid dienone is 1. The lowest BCUT2D eigenvalue weighted by atomic mass is 9.71. The predicted octanol–water partition coefficient (Wildman–Crippen LogP) is 5.03. The van der Waals surface area contributed by atoms with E-state index in [1.165, 1.54) is 31.2 Å². The van der Waals surface area contributed by atoms with E-state index in [1.807, 2.05) is 0 Å². The molecular weight excluding hydrogens is 216 g/mol. The van der Waals surface area contributed by atoms with Crippen molar-refractivity contribution in [2.75, 3.05) is 0 Å². The lowest BCUT2D eigenvalue weighted by Gasteiger charge is -2.33. The van der Waals surface area contributed by atoms with E-state index in [0.29, 0.717) is 0 Å². The molecule has 0 radical (unpaired) electrons. The summed E-state index contributed by atoms with van der Waals surface area (Å²) in [5.41, 5.74) is 6.48. The van der Waals surface area contributed by atoms with Crippen LogP contribution in [0.15, 0.2) is 18.2 Å². The molecule has 0 bridgehead atoms. The molecule has 3 aliphatic carbocycles. The number of benzene rings is 1. The Morgan fingerprint density at radius 3 is 2.89 bits per heavy atom. The highest BCUT2D eigenvalue weighted by Gasteiger charge is 2.44. The number of hydrogen-bond acceptors (Lipinski definition) is 0. The molecule has 1 aromatic carbocycles. The Hall–Kier alpha value is -1.04. The van der Waals surface area contributed by atoms with Crippen LogP contribution in [0.4, 0.5) is 0 Å². The lowest BCUT2D eigenvalue weighted by molar-refractivity contribution is 0.232. The molecule has 3 aliphatic rings. The minimum atomic E-state index is 0.840. The van der Waals surface area contributed by atoms with Gasteiger partial charge < -0.3 is 0 Å². The number of fused-ring (bicyclic) bond motifs is 3. The second-order valence-electron chi connectivity index (χ2n) is 6.73. The first kappa shape index (κ1) is 10.8. The third-order valence-electron chi connectivity index (χ3n) is 5.66. The van der Waals surface area contributed by atoms with E-state index in [0.717, 1.165) is 23.7 Å². The van der Waals surface area contributed by atoms with Crippen LogP contribution in [0.1, 0.15) is 66.7 Å². The molecule has 94 valence electrons. The van der Waals surface area contributed by atoms with Crippen LogP contribution in [0.3, 0.4) is 0 Å². The fraction of sp³-hybridized carbons (Fsp3) is 0.556. The van der Waals surface area contributed by atoms with E-state index in [-0.39, 0.29) is 0 Å². The molecule has 18 heavy (non-hydrogen) atoms. The topological polar surface area (TPSA) is 0 Å². The minimum absolute atomic E-state index is 0.840. The first-order valence-electron chi connectivity index (χ1n) is 7.55. The van der Waals surface area contributed by atoms with Crippen molar-refractivity contribution in [2.24, 2.45) is 11.8 Å². The van der Waals surface area contributed by atoms with Gasteiger partial charge in [-0.1, -0.05) is 37.6 Å². The number of aryl methyl sites for hydroxylation is 1. The molecule has 0 aliphatic heterocycles. The third kappa shape index (κ3) is 1.32. The second kappa shape index (κ2) is 3.73. The summed E-state index contributed by atoms with van der Waals surface area (Å²) in [5.74, 6) is 3.60. The molecule has 1 fully saturated rings. The van der Waals surface area contributed by atoms with E-state index < -0.39 is 0 Å². The molecule has 4 atom stereocenters. The van der Waals surface area contributed by atoms with Gasteiger partial charge in [0, 0.05) is 0 Å². The molecule has 0 heteroatoms. The van der Waals surface area contributed by atoms with E-state index >= 15 is 0 Å². The molecule has 4 rings (SSSR count). The Kier molecular flexibility index (Phi) is 2.24. The van der Waals surface area contributed by atoms with Crippen LogP contribution in [-0.4, -0.2) is 0 Å². The van der Waals surface area contributed by atoms with Crippen molar-refractivity contribution in [1.29, 1.82) is 0 Å². The summed E-state index contributed by atoms with van der Waals surface area (Å²) in [7, 11) is 0. The maximum absolute atomic E-state index is 2.45. The zero-order chi connectivity index (χ0) is 12.3. The molecule has 0 saturated heterocycles. The van der Waals surface area contributed by atoms with E-state index in [9.17, 15) is 0 Å². The summed E-state index contributed by atoms with van der Waals surface area (Å²) in [6.07, 6.45) is 10.4. The van der Waals surface area contributed by atoms with Crippen LogP contribution in [0, 0.1) is 18.8 Å². The van der Waals surface area contributed by atoms with Crippen LogP contribution >= 0.6 is 0 Å². The van der Waals surface area contributed by atoms with Gasteiger partial charge in [-0.05, 0) is 72.1 Å². The van der Waals surface area contributed by atoms with E-state index in [2.05, 4.69) is 38.1 Å². The number of hydrogen-bond donors (Lipinski definition) is 0. The summed E-state index contributed by atoms with van der Waals surface area (Å²) < 4.78 is 0. The highest BCUT2D eigenvalue weighted by Crippen LogP contribution is 2.58. The monoisotopic (exact) mass is 238 g/mol. The summed E-state index contributed by atoms with van der Waals surface area (Å²) in [6.45, 7) is 4.72. The Bertz CT molecular complexity index is 523. The summed E-state index contributed by atoms with van der Waals surface area (Å²) in [6, 6.07) is 4.79. The van der Waals surface area contributed by atoms with Gasteiger partial charge in [0.2, 0.25) is 0 Å². The van der Waals surface area contributed by atoms with Gasteiger partial charge in [0.15, 0.2) is 0 Å². The molecule has 0 spiro atoms. The maximum atomic E-state index is 2.45. The van der Waals surface area contributed by atoms with E-state index in [4.69, 9.17) is 0 Å². The fourth-order valence-electron chi connectivity index (χ4n) is 4.82. The van der Waals surface area contributed by atoms with Gasteiger partial charge in [-0.15, -0.1) is 0 Å². The molecule has 3 unspecified atom stereocenters. The van der Waals surface area contributed by atoms with Crippen molar-refractivity contribution in [3.05, 3.63) is 40.5 Å². The molecule has 0 amide bonds. The van der Waals surface area contributed by atoms with Gasteiger partial charge in [-0.2, -0.15) is 0 Å². The Labute approximate surface area is 110 Å². The summed E-state index contributed by atoms with van der Waals surface area (Å²) in [4.78, 5) is 0. The van der Waals surface area contributed by atoms with Crippen LogP contribution in [0.2, 0.25) is 0 Å². The molecule has 1 aromatic rings. The van der Waals surface area contributed by atoms with Crippen molar-refractivity contribution in [3.63, 3.8) is 0 Å². The predicted molar refractivity (Wildman–Crippen MR) is 76.8 cm³/mol. The molecule has 0 heterocycles. The van der Waals surface area contributed by atoms with Crippen LogP contribution in [0.25, 0.3) is 6.08 Å². The second-order valence-corrected chi connectivity index (χ2v) is 6.73. The minimum Gasteiger partial charge on any atom is -0.0833 e. The largest absolute Gasteiger partial charge is 0.0833 e. The van der Waals surface area contributed by atoms with Crippen molar-refractivity contribution in [3.8, 4) is 0 Å². The van der Waals surface area contributed by atoms with Crippen molar-refractivity contribution < 1.29 is 0 Å². The zero-order valence-corrected chi connectivity index (χ0v) is 11.4. The lowest BCUT2D eigenvalue weighted by Crippen LogP contribution is -2.21. The van der Waals surface area contributed by atoms with Crippen LogP contribution < -0.4 is 0 Å². The maximum Gasteiger partial charge on any atom is -0.00841 e. The van der Waals surface area contributed by atoms with Crippen molar-refractivity contribution in [1.82, 2.24) is 0 Å². The first-order chi connectivity index (χ1) is 8.75. The smallest absolute Gasteiger partial charge is 0.00841 e. The normalized spacial score (nSPS) is 36.3. The molecular formula is C18H22. The number of rotatable bonds is 0. The molecule has 0 N–H and O–H groups in total. The summed E-state index contributed by atoms with van der Waals surface area (Å²) >= 11 is 0. The zero-order valence-electron chi connectivity index (χ0n) is 11.4. The van der Waals surface area contributed by atoms with Crippen LogP contribution in [-0.2, 0) is 0 Å². The van der Waals surface area contributed by atoms with Gasteiger partial charge in [0.1, 0.15) is 0 Å². The standard InChI is InChI=1S/C18H22/c1-11-6-8-14-16-9-7-12(2)13-4-3-5-15(18(13)16)17(14)10-11/h3-4,7,9,11,14-15,17H,5-6,8,10H2,1-2H3/t11-,14?,15?,17?/m1/s1. The van der Waals surface area contributed by atoms with Gasteiger partial charge in [-0.25, -0.2) is 0 Å². The quantitative estimate of drug-likeness (QED) is 0.594. The SMILES string of the molecule is Cc1ccc2c3c1C=CCC3C1C[C@H](C)CCC21. The highest BCUT2D eigenvalue weighted by molar-refractivity contribution is 5.66.